The molecule has 2 rings (SSSR count). The first-order valence-corrected chi connectivity index (χ1v) is 8.12. The van der Waals surface area contributed by atoms with Crippen LogP contribution < -0.4 is 11.1 Å². The number of carbonyl (C=O) groups is 1. The van der Waals surface area contributed by atoms with Gasteiger partial charge in [-0.25, -0.2) is 4.39 Å². The second-order valence-electron chi connectivity index (χ2n) is 5.71. The van der Waals surface area contributed by atoms with Crippen molar-refractivity contribution in [2.24, 2.45) is 11.7 Å². The summed E-state index contributed by atoms with van der Waals surface area (Å²) >= 11 is 8.32. The summed E-state index contributed by atoms with van der Waals surface area (Å²) in [6.07, 6.45) is 3.29. The maximum atomic E-state index is 13.9. The third-order valence-corrected chi connectivity index (χ3v) is 5.01. The zero-order valence-corrected chi connectivity index (χ0v) is 14.2. The van der Waals surface area contributed by atoms with Crippen LogP contribution in [0.1, 0.15) is 43.0 Å². The van der Waals surface area contributed by atoms with E-state index < -0.39 is 17.3 Å². The number of hydrogen-bond donors (Lipinski definition) is 2. The minimum absolute atomic E-state index is 0.00690. The number of halogens is 2. The van der Waals surface area contributed by atoms with Gasteiger partial charge in [-0.15, -0.1) is 0 Å². The molecule has 0 unspecified atom stereocenters. The van der Waals surface area contributed by atoms with Crippen LogP contribution in [-0.4, -0.2) is 16.4 Å². The van der Waals surface area contributed by atoms with Gasteiger partial charge in [-0.2, -0.15) is 0 Å². The van der Waals surface area contributed by atoms with Gasteiger partial charge in [0.1, 0.15) is 5.82 Å². The van der Waals surface area contributed by atoms with Crippen molar-refractivity contribution >= 4 is 39.0 Å². The number of hydrogen-bond acceptors (Lipinski definition) is 2. The highest BCUT2D eigenvalue weighted by Gasteiger charge is 2.38. The minimum Gasteiger partial charge on any atom is -0.391 e. The van der Waals surface area contributed by atoms with E-state index in [1.807, 2.05) is 0 Å². The molecular formula is C15H18BrFN2OS. The minimum atomic E-state index is -0.696. The van der Waals surface area contributed by atoms with Crippen LogP contribution in [0.3, 0.4) is 0 Å². The summed E-state index contributed by atoms with van der Waals surface area (Å²) < 4.78 is 14.5. The molecule has 0 saturated heterocycles. The van der Waals surface area contributed by atoms with Crippen molar-refractivity contribution in [1.82, 2.24) is 5.32 Å². The lowest BCUT2D eigenvalue weighted by Crippen LogP contribution is -2.58. The fourth-order valence-corrected chi connectivity index (χ4v) is 3.23. The first-order chi connectivity index (χ1) is 9.84. The van der Waals surface area contributed by atoms with Gasteiger partial charge < -0.3 is 11.1 Å². The molecule has 6 heteroatoms. The number of benzene rings is 1. The molecule has 0 heterocycles. The molecule has 1 fully saturated rings. The molecule has 21 heavy (non-hydrogen) atoms. The van der Waals surface area contributed by atoms with Crippen molar-refractivity contribution in [1.29, 1.82) is 0 Å². The van der Waals surface area contributed by atoms with E-state index in [0.717, 1.165) is 12.8 Å². The third-order valence-electron chi connectivity index (χ3n) is 4.13. The molecule has 0 atom stereocenters. The highest BCUT2D eigenvalue weighted by molar-refractivity contribution is 9.10. The zero-order chi connectivity index (χ0) is 15.6. The molecule has 114 valence electrons. The van der Waals surface area contributed by atoms with Gasteiger partial charge in [0.25, 0.3) is 5.91 Å². The molecule has 1 aromatic carbocycles. The highest BCUT2D eigenvalue weighted by Crippen LogP contribution is 2.32. The molecular weight excluding hydrogens is 355 g/mol. The van der Waals surface area contributed by atoms with Crippen molar-refractivity contribution in [3.05, 3.63) is 34.1 Å². The van der Waals surface area contributed by atoms with Gasteiger partial charge in [-0.05, 0) is 49.8 Å². The van der Waals surface area contributed by atoms with E-state index in [4.69, 9.17) is 18.0 Å². The number of nitrogens with one attached hydrogen (secondary N) is 1. The zero-order valence-electron chi connectivity index (χ0n) is 11.8. The van der Waals surface area contributed by atoms with Crippen LogP contribution in [0.25, 0.3) is 0 Å². The number of amides is 1. The summed E-state index contributed by atoms with van der Waals surface area (Å²) in [5.41, 5.74) is 5.16. The maximum absolute atomic E-state index is 13.9. The van der Waals surface area contributed by atoms with Gasteiger partial charge in [-0.1, -0.05) is 35.1 Å². The normalized spacial score (nSPS) is 25.4. The molecule has 1 aromatic rings. The average Bonchev–Trinajstić information content (AvgIpc) is 2.41. The van der Waals surface area contributed by atoms with Gasteiger partial charge in [-0.3, -0.25) is 4.79 Å². The molecule has 0 radical (unpaired) electrons. The molecule has 1 amide bonds. The SMILES string of the molecule is CC1CCC(NC(=O)c2ccc(Br)cc2F)(C(N)=S)CC1. The van der Waals surface area contributed by atoms with Crippen LogP contribution in [0.2, 0.25) is 0 Å². The second kappa shape index (κ2) is 6.40. The van der Waals surface area contributed by atoms with Crippen LogP contribution in [-0.2, 0) is 0 Å². The molecule has 3 nitrogen and oxygen atoms in total. The van der Waals surface area contributed by atoms with E-state index in [1.54, 1.807) is 6.07 Å². The van der Waals surface area contributed by atoms with Crippen LogP contribution in [0.15, 0.2) is 22.7 Å². The van der Waals surface area contributed by atoms with Gasteiger partial charge in [0.05, 0.1) is 16.1 Å². The highest BCUT2D eigenvalue weighted by atomic mass is 79.9. The Hall–Kier alpha value is -1.01. The van der Waals surface area contributed by atoms with E-state index in [1.165, 1.54) is 12.1 Å². The van der Waals surface area contributed by atoms with Crippen molar-refractivity contribution < 1.29 is 9.18 Å². The Kier molecular flexibility index (Phi) is 4.99. The van der Waals surface area contributed by atoms with Crippen LogP contribution in [0, 0.1) is 11.7 Å². The van der Waals surface area contributed by atoms with Crippen LogP contribution >= 0.6 is 28.1 Å². The van der Waals surface area contributed by atoms with Crippen molar-refractivity contribution in [2.45, 2.75) is 38.1 Å². The molecule has 1 saturated carbocycles. The first kappa shape index (κ1) is 16.4. The number of thiocarbonyl (C=S) groups is 1. The predicted octanol–water partition coefficient (Wildman–Crippen LogP) is 3.55. The van der Waals surface area contributed by atoms with Gasteiger partial charge in [0.2, 0.25) is 0 Å². The van der Waals surface area contributed by atoms with E-state index in [2.05, 4.69) is 28.2 Å². The number of nitrogens with two attached hydrogens (primary N) is 1. The van der Waals surface area contributed by atoms with E-state index >= 15 is 0 Å². The predicted molar refractivity (Wildman–Crippen MR) is 88.7 cm³/mol. The van der Waals surface area contributed by atoms with E-state index in [-0.39, 0.29) is 10.6 Å². The molecule has 0 spiro atoms. The Bertz CT molecular complexity index is 571. The van der Waals surface area contributed by atoms with E-state index in [9.17, 15) is 9.18 Å². The number of carbonyl (C=O) groups excluding carboxylic acids is 1. The standard InChI is InChI=1S/C15H18BrFN2OS/c1-9-4-6-15(7-5-9,14(18)21)19-13(20)11-3-2-10(16)8-12(11)17/h2-3,8-9H,4-7H2,1H3,(H2,18,21)(H,19,20). The molecule has 0 bridgehead atoms. The van der Waals surface area contributed by atoms with Crippen molar-refractivity contribution in [3.8, 4) is 0 Å². The van der Waals surface area contributed by atoms with Crippen LogP contribution in [0.5, 0.6) is 0 Å². The summed E-state index contributed by atoms with van der Waals surface area (Å²) in [5, 5.41) is 2.87. The molecule has 0 aliphatic heterocycles. The van der Waals surface area contributed by atoms with Gasteiger partial charge in [0.15, 0.2) is 0 Å². The largest absolute Gasteiger partial charge is 0.391 e. The smallest absolute Gasteiger partial charge is 0.255 e. The second-order valence-corrected chi connectivity index (χ2v) is 7.06. The van der Waals surface area contributed by atoms with Gasteiger partial charge in [0, 0.05) is 4.47 Å². The Labute approximate surface area is 137 Å². The Morgan fingerprint density at radius 3 is 2.62 bits per heavy atom. The quantitative estimate of drug-likeness (QED) is 0.797. The third kappa shape index (κ3) is 3.61. The summed E-state index contributed by atoms with van der Waals surface area (Å²) in [7, 11) is 0. The molecule has 1 aliphatic carbocycles. The Balaban J connectivity index is 2.21. The Morgan fingerprint density at radius 2 is 2.10 bits per heavy atom. The Morgan fingerprint density at radius 1 is 1.48 bits per heavy atom. The lowest BCUT2D eigenvalue weighted by Gasteiger charge is -2.39. The fraction of sp³-hybridized carbons (Fsp3) is 0.467. The summed E-state index contributed by atoms with van der Waals surface area (Å²) in [6.45, 7) is 2.17. The average molecular weight is 373 g/mol. The molecule has 1 aliphatic rings. The number of rotatable bonds is 3. The lowest BCUT2D eigenvalue weighted by atomic mass is 9.77. The van der Waals surface area contributed by atoms with E-state index in [0.29, 0.717) is 23.2 Å². The first-order valence-electron chi connectivity index (χ1n) is 6.91. The maximum Gasteiger partial charge on any atom is 0.255 e. The topological polar surface area (TPSA) is 55.1 Å². The van der Waals surface area contributed by atoms with Crippen molar-refractivity contribution in [3.63, 3.8) is 0 Å². The monoisotopic (exact) mass is 372 g/mol. The fourth-order valence-electron chi connectivity index (χ4n) is 2.65. The summed E-state index contributed by atoms with van der Waals surface area (Å²) in [5.74, 6) is -0.444. The molecule has 3 N–H and O–H groups in total. The van der Waals surface area contributed by atoms with Crippen LogP contribution in [0.4, 0.5) is 4.39 Å². The summed E-state index contributed by atoms with van der Waals surface area (Å²) in [4.78, 5) is 12.6. The van der Waals surface area contributed by atoms with Gasteiger partial charge >= 0.3 is 0 Å². The lowest BCUT2D eigenvalue weighted by molar-refractivity contribution is 0.0896. The molecule has 0 aromatic heterocycles. The summed E-state index contributed by atoms with van der Waals surface area (Å²) in [6, 6.07) is 4.35. The van der Waals surface area contributed by atoms with Crippen molar-refractivity contribution in [2.75, 3.05) is 0 Å².